The van der Waals surface area contributed by atoms with Gasteiger partial charge in [0.2, 0.25) is 5.91 Å². The lowest BCUT2D eigenvalue weighted by Gasteiger charge is -2.20. The molecule has 0 radical (unpaired) electrons. The highest BCUT2D eigenvalue weighted by atomic mass is 35.5. The van der Waals surface area contributed by atoms with Crippen LogP contribution in [0.1, 0.15) is 41.0 Å². The lowest BCUT2D eigenvalue weighted by atomic mass is 9.94. The first-order chi connectivity index (χ1) is 10.2. The van der Waals surface area contributed by atoms with Gasteiger partial charge in [-0.2, -0.15) is 0 Å². The quantitative estimate of drug-likeness (QED) is 0.833. The third kappa shape index (κ3) is 2.81. The van der Waals surface area contributed by atoms with Crippen molar-refractivity contribution in [3.05, 3.63) is 64.7 Å². The van der Waals surface area contributed by atoms with Crippen LogP contribution in [0.5, 0.6) is 0 Å². The summed E-state index contributed by atoms with van der Waals surface area (Å²) in [6, 6.07) is 14.4. The Labute approximate surface area is 130 Å². The molecule has 0 saturated heterocycles. The molecule has 3 rings (SSSR count). The summed E-state index contributed by atoms with van der Waals surface area (Å²) in [6.45, 7) is 2.14. The molecular formula is C18H18ClNO. The normalized spacial score (nSPS) is 15.2. The highest BCUT2D eigenvalue weighted by Gasteiger charge is 2.18. The Morgan fingerprint density at radius 1 is 1.19 bits per heavy atom. The van der Waals surface area contributed by atoms with Gasteiger partial charge in [0, 0.05) is 12.1 Å². The molecular weight excluding hydrogens is 282 g/mol. The third-order valence-electron chi connectivity index (χ3n) is 4.03. The van der Waals surface area contributed by atoms with E-state index < -0.39 is 0 Å². The van der Waals surface area contributed by atoms with E-state index in [1.807, 2.05) is 24.3 Å². The summed E-state index contributed by atoms with van der Waals surface area (Å²) in [4.78, 5) is 11.4. The number of nitrogens with one attached hydrogen (secondary N) is 1. The van der Waals surface area contributed by atoms with Gasteiger partial charge in [0.1, 0.15) is 0 Å². The molecule has 2 aromatic carbocycles. The summed E-state index contributed by atoms with van der Waals surface area (Å²) < 4.78 is 0. The van der Waals surface area contributed by atoms with Crippen molar-refractivity contribution in [2.75, 3.05) is 5.32 Å². The van der Waals surface area contributed by atoms with Gasteiger partial charge in [0.05, 0.1) is 5.38 Å². The van der Waals surface area contributed by atoms with Crippen LogP contribution in [0.2, 0.25) is 0 Å². The van der Waals surface area contributed by atoms with Crippen LogP contribution < -0.4 is 5.32 Å². The van der Waals surface area contributed by atoms with Crippen LogP contribution in [-0.2, 0) is 17.6 Å². The molecule has 0 spiro atoms. The maximum absolute atomic E-state index is 11.4. The Balaban J connectivity index is 1.95. The number of alkyl halides is 1. The molecule has 0 aromatic heterocycles. The molecule has 0 fully saturated rings. The van der Waals surface area contributed by atoms with E-state index >= 15 is 0 Å². The van der Waals surface area contributed by atoms with Gasteiger partial charge in [-0.3, -0.25) is 4.79 Å². The van der Waals surface area contributed by atoms with Crippen molar-refractivity contribution in [3.8, 4) is 0 Å². The van der Waals surface area contributed by atoms with Crippen molar-refractivity contribution in [3.63, 3.8) is 0 Å². The van der Waals surface area contributed by atoms with Crippen LogP contribution >= 0.6 is 11.6 Å². The number of rotatable bonds is 3. The smallest absolute Gasteiger partial charge is 0.224 e. The SMILES string of the molecule is CCc1ccccc1C(Cl)c1ccc2c(c1)CCC(=O)N2. The van der Waals surface area contributed by atoms with Gasteiger partial charge in [-0.25, -0.2) is 0 Å². The van der Waals surface area contributed by atoms with Crippen molar-refractivity contribution in [2.45, 2.75) is 31.6 Å². The highest BCUT2D eigenvalue weighted by molar-refractivity contribution is 6.22. The minimum absolute atomic E-state index is 0.0917. The Hall–Kier alpha value is -1.80. The molecule has 1 amide bonds. The number of carbonyl (C=O) groups is 1. The molecule has 1 unspecified atom stereocenters. The number of halogens is 1. The average Bonchev–Trinajstić information content (AvgIpc) is 2.53. The summed E-state index contributed by atoms with van der Waals surface area (Å²) in [5.41, 5.74) is 5.63. The molecule has 1 N–H and O–H groups in total. The second kappa shape index (κ2) is 5.90. The van der Waals surface area contributed by atoms with Gasteiger partial charge in [-0.1, -0.05) is 43.3 Å². The number of fused-ring (bicyclic) bond motifs is 1. The maximum atomic E-state index is 11.4. The molecule has 0 aliphatic carbocycles. The van der Waals surface area contributed by atoms with E-state index in [-0.39, 0.29) is 11.3 Å². The molecule has 1 atom stereocenters. The summed E-state index contributed by atoms with van der Waals surface area (Å²) in [7, 11) is 0. The number of hydrogen-bond donors (Lipinski definition) is 1. The molecule has 2 nitrogen and oxygen atoms in total. The van der Waals surface area contributed by atoms with E-state index in [1.165, 1.54) is 16.7 Å². The fraction of sp³-hybridized carbons (Fsp3) is 0.278. The van der Waals surface area contributed by atoms with Crippen LogP contribution in [0.15, 0.2) is 42.5 Å². The second-order valence-electron chi connectivity index (χ2n) is 5.38. The third-order valence-corrected chi connectivity index (χ3v) is 4.51. The predicted molar refractivity (Wildman–Crippen MR) is 86.9 cm³/mol. The zero-order valence-electron chi connectivity index (χ0n) is 12.0. The highest BCUT2D eigenvalue weighted by Crippen LogP contribution is 2.34. The Kier molecular flexibility index (Phi) is 3.98. The molecule has 1 heterocycles. The molecule has 1 aliphatic rings. The molecule has 0 saturated carbocycles. The molecule has 21 heavy (non-hydrogen) atoms. The van der Waals surface area contributed by atoms with E-state index in [4.69, 9.17) is 11.6 Å². The standard InChI is InChI=1S/C18H18ClNO/c1-2-12-5-3-4-6-15(12)18(19)14-7-9-16-13(11-14)8-10-17(21)20-16/h3-7,9,11,18H,2,8,10H2,1H3,(H,20,21). The van der Waals surface area contributed by atoms with Crippen molar-refractivity contribution in [1.82, 2.24) is 0 Å². The zero-order chi connectivity index (χ0) is 14.8. The number of carbonyl (C=O) groups excluding carboxylic acids is 1. The number of hydrogen-bond acceptors (Lipinski definition) is 1. The summed E-state index contributed by atoms with van der Waals surface area (Å²) in [6.07, 6.45) is 2.31. The zero-order valence-corrected chi connectivity index (χ0v) is 12.8. The number of amides is 1. The first kappa shape index (κ1) is 14.2. The monoisotopic (exact) mass is 299 g/mol. The molecule has 0 bridgehead atoms. The van der Waals surface area contributed by atoms with Crippen LogP contribution in [0.25, 0.3) is 0 Å². The van der Waals surface area contributed by atoms with E-state index in [9.17, 15) is 4.79 Å². The van der Waals surface area contributed by atoms with Crippen LogP contribution in [0.4, 0.5) is 5.69 Å². The minimum atomic E-state index is -0.149. The van der Waals surface area contributed by atoms with E-state index in [0.29, 0.717) is 6.42 Å². The Morgan fingerprint density at radius 3 is 2.81 bits per heavy atom. The summed E-state index contributed by atoms with van der Waals surface area (Å²) >= 11 is 6.70. The minimum Gasteiger partial charge on any atom is -0.326 e. The molecule has 1 aliphatic heterocycles. The fourth-order valence-corrected chi connectivity index (χ4v) is 3.19. The molecule has 108 valence electrons. The van der Waals surface area contributed by atoms with Gasteiger partial charge in [-0.15, -0.1) is 11.6 Å². The second-order valence-corrected chi connectivity index (χ2v) is 5.82. The van der Waals surface area contributed by atoms with E-state index in [0.717, 1.165) is 24.1 Å². The summed E-state index contributed by atoms with van der Waals surface area (Å²) in [5, 5.41) is 2.76. The largest absolute Gasteiger partial charge is 0.326 e. The van der Waals surface area contributed by atoms with Gasteiger partial charge >= 0.3 is 0 Å². The van der Waals surface area contributed by atoms with Crippen LogP contribution in [0, 0.1) is 0 Å². The predicted octanol–water partition coefficient (Wildman–Crippen LogP) is 4.46. The van der Waals surface area contributed by atoms with Crippen molar-refractivity contribution >= 4 is 23.2 Å². The van der Waals surface area contributed by atoms with Gasteiger partial charge < -0.3 is 5.32 Å². The van der Waals surface area contributed by atoms with E-state index in [2.05, 4.69) is 30.4 Å². The lowest BCUT2D eigenvalue weighted by Crippen LogP contribution is -2.19. The maximum Gasteiger partial charge on any atom is 0.224 e. The average molecular weight is 300 g/mol. The Bertz CT molecular complexity index is 681. The van der Waals surface area contributed by atoms with Gasteiger partial charge in [-0.05, 0) is 41.2 Å². The number of benzene rings is 2. The fourth-order valence-electron chi connectivity index (χ4n) is 2.84. The first-order valence-electron chi connectivity index (χ1n) is 7.33. The lowest BCUT2D eigenvalue weighted by molar-refractivity contribution is -0.116. The molecule has 2 aromatic rings. The summed E-state index contributed by atoms with van der Waals surface area (Å²) in [5.74, 6) is 0.0917. The molecule has 3 heteroatoms. The van der Waals surface area contributed by atoms with Crippen molar-refractivity contribution in [2.24, 2.45) is 0 Å². The topological polar surface area (TPSA) is 29.1 Å². The van der Waals surface area contributed by atoms with Crippen LogP contribution in [0.3, 0.4) is 0 Å². The Morgan fingerprint density at radius 2 is 2.00 bits per heavy atom. The van der Waals surface area contributed by atoms with Gasteiger partial charge in [0.25, 0.3) is 0 Å². The van der Waals surface area contributed by atoms with Crippen molar-refractivity contribution in [1.29, 1.82) is 0 Å². The van der Waals surface area contributed by atoms with Gasteiger partial charge in [0.15, 0.2) is 0 Å². The first-order valence-corrected chi connectivity index (χ1v) is 7.77. The number of anilines is 1. The van der Waals surface area contributed by atoms with E-state index in [1.54, 1.807) is 0 Å². The number of aryl methyl sites for hydroxylation is 2. The van der Waals surface area contributed by atoms with Crippen molar-refractivity contribution < 1.29 is 4.79 Å². The van der Waals surface area contributed by atoms with Crippen LogP contribution in [-0.4, -0.2) is 5.91 Å².